The standard InChI is InChI=1S/C29H39Cl2O9P/c1-18(2)21-11-19(9-10-25(21)32)12-22-23(30)13-20(14-24(22)31)38-17-41(35,39-15-36-26(33)28(3,4)5)40-16-37-27(34)29(6,7)8/h9-11,13-14,18,32H,12,15-17H2,1-8H3. The average molecular weight is 634 g/mol. The number of carbonyl (C=O) groups excluding carboxylic acids is 2. The monoisotopic (exact) mass is 632 g/mol. The van der Waals surface area contributed by atoms with Gasteiger partial charge in [-0.25, -0.2) is 0 Å². The Labute approximate surface area is 251 Å². The lowest BCUT2D eigenvalue weighted by molar-refractivity contribution is -0.162. The smallest absolute Gasteiger partial charge is 0.373 e. The molecule has 0 atom stereocenters. The van der Waals surface area contributed by atoms with Crippen molar-refractivity contribution in [1.29, 1.82) is 0 Å². The van der Waals surface area contributed by atoms with Crippen LogP contribution in [-0.4, -0.2) is 37.0 Å². The Hall–Kier alpha value is -2.29. The molecule has 0 saturated heterocycles. The van der Waals surface area contributed by atoms with Gasteiger partial charge in [0.05, 0.1) is 10.8 Å². The number of ether oxygens (including phenoxy) is 3. The van der Waals surface area contributed by atoms with Gasteiger partial charge in [-0.3, -0.25) is 23.2 Å². The lowest BCUT2D eigenvalue weighted by atomic mass is 9.96. The van der Waals surface area contributed by atoms with Crippen LogP contribution in [-0.2, 0) is 39.1 Å². The van der Waals surface area contributed by atoms with Crippen LogP contribution in [0.2, 0.25) is 10.0 Å². The molecule has 0 aliphatic carbocycles. The van der Waals surface area contributed by atoms with E-state index in [0.29, 0.717) is 22.0 Å². The fourth-order valence-corrected chi connectivity index (χ4v) is 4.79. The molecule has 0 spiro atoms. The summed E-state index contributed by atoms with van der Waals surface area (Å²) >= 11 is 13.1. The van der Waals surface area contributed by atoms with Gasteiger partial charge in [-0.05, 0) is 82.3 Å². The third-order valence-corrected chi connectivity index (χ3v) is 7.82. The van der Waals surface area contributed by atoms with Gasteiger partial charge in [0, 0.05) is 16.5 Å². The Morgan fingerprint density at radius 1 is 0.878 bits per heavy atom. The Kier molecular flexibility index (Phi) is 12.1. The Morgan fingerprint density at radius 2 is 1.37 bits per heavy atom. The summed E-state index contributed by atoms with van der Waals surface area (Å²) in [6.07, 6.45) is -0.212. The van der Waals surface area contributed by atoms with Crippen LogP contribution in [0.1, 0.15) is 78.0 Å². The quantitative estimate of drug-likeness (QED) is 0.141. The van der Waals surface area contributed by atoms with Gasteiger partial charge >= 0.3 is 19.5 Å². The van der Waals surface area contributed by atoms with Crippen LogP contribution in [0.15, 0.2) is 30.3 Å². The van der Waals surface area contributed by atoms with Crippen LogP contribution in [0.5, 0.6) is 11.5 Å². The molecular weight excluding hydrogens is 594 g/mol. The normalized spacial score (nSPS) is 12.4. The van der Waals surface area contributed by atoms with Gasteiger partial charge in [0.2, 0.25) is 13.6 Å². The third kappa shape index (κ3) is 10.8. The van der Waals surface area contributed by atoms with Crippen molar-refractivity contribution in [2.24, 2.45) is 10.8 Å². The highest BCUT2D eigenvalue weighted by Crippen LogP contribution is 2.48. The van der Waals surface area contributed by atoms with E-state index in [4.69, 9.17) is 46.5 Å². The maximum atomic E-state index is 13.4. The molecule has 2 aromatic carbocycles. The third-order valence-electron chi connectivity index (χ3n) is 5.70. The zero-order valence-corrected chi connectivity index (χ0v) is 27.1. The lowest BCUT2D eigenvalue weighted by Crippen LogP contribution is -2.25. The minimum Gasteiger partial charge on any atom is -0.508 e. The number of phenolic OH excluding ortho intramolecular Hbond substituents is 1. The predicted octanol–water partition coefficient (Wildman–Crippen LogP) is 8.07. The molecule has 0 aliphatic rings. The molecule has 2 aromatic rings. The molecule has 41 heavy (non-hydrogen) atoms. The zero-order chi connectivity index (χ0) is 31.2. The topological polar surface area (TPSA) is 118 Å². The van der Waals surface area contributed by atoms with E-state index in [2.05, 4.69) is 0 Å². The molecule has 1 N–H and O–H groups in total. The van der Waals surface area contributed by atoms with Gasteiger partial charge in [-0.1, -0.05) is 49.2 Å². The maximum absolute atomic E-state index is 13.4. The van der Waals surface area contributed by atoms with E-state index in [9.17, 15) is 19.3 Å². The summed E-state index contributed by atoms with van der Waals surface area (Å²) < 4.78 is 39.7. The average Bonchev–Trinajstić information content (AvgIpc) is 2.84. The molecule has 0 saturated carbocycles. The van der Waals surface area contributed by atoms with Crippen molar-refractivity contribution in [3.63, 3.8) is 0 Å². The summed E-state index contributed by atoms with van der Waals surface area (Å²) in [5.41, 5.74) is 0.744. The molecule has 0 unspecified atom stereocenters. The first-order chi connectivity index (χ1) is 18.8. The Bertz CT molecular complexity index is 1220. The first-order valence-electron chi connectivity index (χ1n) is 13.0. The summed E-state index contributed by atoms with van der Waals surface area (Å²) in [6.45, 7) is 12.6. The van der Waals surface area contributed by atoms with Crippen LogP contribution < -0.4 is 4.74 Å². The number of phenols is 1. The zero-order valence-electron chi connectivity index (χ0n) is 24.7. The SMILES string of the molecule is CC(C)c1cc(Cc2c(Cl)cc(OCP(=O)(OCOC(=O)C(C)(C)C)OCOC(=O)C(C)(C)C)cc2Cl)ccc1O. The summed E-state index contributed by atoms with van der Waals surface area (Å²) in [5, 5.41) is 10.7. The largest absolute Gasteiger partial charge is 0.508 e. The molecule has 0 bridgehead atoms. The second kappa shape index (κ2) is 14.3. The number of hydrogen-bond acceptors (Lipinski definition) is 9. The van der Waals surface area contributed by atoms with Crippen molar-refractivity contribution in [3.05, 3.63) is 57.1 Å². The Balaban J connectivity index is 2.17. The van der Waals surface area contributed by atoms with Crippen molar-refractivity contribution >= 4 is 42.7 Å². The molecular formula is C29H39Cl2O9P. The minimum absolute atomic E-state index is 0.130. The molecule has 0 amide bonds. The number of benzene rings is 2. The van der Waals surface area contributed by atoms with Crippen LogP contribution in [0, 0.1) is 10.8 Å². The summed E-state index contributed by atoms with van der Waals surface area (Å²) in [5.74, 6) is -0.617. The lowest BCUT2D eigenvalue weighted by Gasteiger charge is -2.22. The van der Waals surface area contributed by atoms with Crippen LogP contribution >= 0.6 is 30.8 Å². The fraction of sp³-hybridized carbons (Fsp3) is 0.517. The second-order valence-corrected chi connectivity index (χ2v) is 14.6. The van der Waals surface area contributed by atoms with Gasteiger partial charge in [-0.15, -0.1) is 0 Å². The van der Waals surface area contributed by atoms with Crippen molar-refractivity contribution in [1.82, 2.24) is 0 Å². The highest BCUT2D eigenvalue weighted by molar-refractivity contribution is 7.53. The van der Waals surface area contributed by atoms with Gasteiger partial charge in [-0.2, -0.15) is 0 Å². The van der Waals surface area contributed by atoms with Gasteiger partial charge in [0.15, 0.2) is 6.35 Å². The number of carbonyl (C=O) groups is 2. The van der Waals surface area contributed by atoms with Crippen molar-refractivity contribution in [2.75, 3.05) is 19.9 Å². The molecule has 9 nitrogen and oxygen atoms in total. The number of halogens is 2. The first kappa shape index (κ1) is 34.9. The van der Waals surface area contributed by atoms with E-state index in [1.54, 1.807) is 53.7 Å². The fourth-order valence-electron chi connectivity index (χ4n) is 3.23. The van der Waals surface area contributed by atoms with Crippen molar-refractivity contribution in [2.45, 2.75) is 67.7 Å². The highest BCUT2D eigenvalue weighted by Gasteiger charge is 2.31. The molecule has 2 rings (SSSR count). The molecule has 0 radical (unpaired) electrons. The van der Waals surface area contributed by atoms with E-state index >= 15 is 0 Å². The predicted molar refractivity (Wildman–Crippen MR) is 158 cm³/mol. The highest BCUT2D eigenvalue weighted by atomic mass is 35.5. The second-order valence-electron chi connectivity index (χ2n) is 11.8. The van der Waals surface area contributed by atoms with Gasteiger partial charge in [0.25, 0.3) is 0 Å². The Morgan fingerprint density at radius 3 is 1.80 bits per heavy atom. The summed E-state index contributed by atoms with van der Waals surface area (Å²) in [4.78, 5) is 24.1. The molecule has 12 heteroatoms. The van der Waals surface area contributed by atoms with Crippen LogP contribution in [0.4, 0.5) is 0 Å². The van der Waals surface area contributed by atoms with Crippen molar-refractivity contribution < 1.29 is 42.5 Å². The molecule has 0 fully saturated rings. The molecule has 0 aromatic heterocycles. The van der Waals surface area contributed by atoms with Crippen LogP contribution in [0.3, 0.4) is 0 Å². The van der Waals surface area contributed by atoms with E-state index in [0.717, 1.165) is 11.1 Å². The molecule has 0 aliphatic heterocycles. The van der Waals surface area contributed by atoms with Gasteiger partial charge < -0.3 is 19.3 Å². The first-order valence-corrected chi connectivity index (χ1v) is 15.5. The van der Waals surface area contributed by atoms with Crippen molar-refractivity contribution in [3.8, 4) is 11.5 Å². The minimum atomic E-state index is -4.10. The van der Waals surface area contributed by atoms with Crippen LogP contribution in [0.25, 0.3) is 0 Å². The molecule has 0 heterocycles. The summed E-state index contributed by atoms with van der Waals surface area (Å²) in [6, 6.07) is 8.36. The van der Waals surface area contributed by atoms with E-state index in [-0.39, 0.29) is 17.4 Å². The summed E-state index contributed by atoms with van der Waals surface area (Å²) in [7, 11) is -4.10. The maximum Gasteiger partial charge on any atom is 0.373 e. The van der Waals surface area contributed by atoms with E-state index < -0.39 is 50.3 Å². The van der Waals surface area contributed by atoms with E-state index in [1.807, 2.05) is 19.9 Å². The number of esters is 2. The molecule has 228 valence electrons. The number of hydrogen-bond donors (Lipinski definition) is 1. The van der Waals surface area contributed by atoms with E-state index in [1.165, 1.54) is 12.1 Å². The number of aromatic hydroxyl groups is 1. The van der Waals surface area contributed by atoms with Gasteiger partial charge in [0.1, 0.15) is 11.5 Å². The number of rotatable bonds is 12.